The molecule has 192 valence electrons. The first kappa shape index (κ1) is 26.7. The summed E-state index contributed by atoms with van der Waals surface area (Å²) in [5.74, 6) is 0.0477. The number of amides is 1. The maximum absolute atomic E-state index is 13.3. The molecule has 2 aromatic rings. The van der Waals surface area contributed by atoms with Gasteiger partial charge < -0.3 is 19.4 Å². The number of hydrogen-bond donors (Lipinski definition) is 0. The number of nitrogens with zero attached hydrogens (tertiary/aromatic N) is 4. The summed E-state index contributed by atoms with van der Waals surface area (Å²) in [4.78, 5) is 38.7. The number of aromatic nitrogens is 2. The van der Waals surface area contributed by atoms with E-state index < -0.39 is 29.9 Å². The van der Waals surface area contributed by atoms with Crippen molar-refractivity contribution in [1.82, 2.24) is 14.6 Å². The van der Waals surface area contributed by atoms with Gasteiger partial charge in [0.2, 0.25) is 5.95 Å². The molecule has 1 aromatic heterocycles. The lowest BCUT2D eigenvalue weighted by atomic mass is 10.1. The topological polar surface area (TPSA) is 76.9 Å². The zero-order chi connectivity index (χ0) is 26.0. The van der Waals surface area contributed by atoms with E-state index in [1.807, 2.05) is 0 Å². The number of benzene rings is 1. The van der Waals surface area contributed by atoms with E-state index in [0.29, 0.717) is 16.4 Å². The third-order valence-corrected chi connectivity index (χ3v) is 5.48. The van der Waals surface area contributed by atoms with Crippen LogP contribution in [0.15, 0.2) is 29.1 Å². The number of fused-ring (bicyclic) bond motifs is 1. The van der Waals surface area contributed by atoms with Gasteiger partial charge in [0.1, 0.15) is 12.7 Å². The summed E-state index contributed by atoms with van der Waals surface area (Å²) in [6, 6.07) is 6.46. The van der Waals surface area contributed by atoms with Gasteiger partial charge in [0.05, 0.1) is 17.8 Å². The Kier molecular flexibility index (Phi) is 7.88. The lowest BCUT2D eigenvalue weighted by Gasteiger charge is -2.32. The average Bonchev–Trinajstić information content (AvgIpc) is 2.75. The highest BCUT2D eigenvalue weighted by Crippen LogP contribution is 2.29. The Bertz CT molecular complexity index is 1110. The number of rotatable bonds is 6. The second kappa shape index (κ2) is 10.3. The van der Waals surface area contributed by atoms with Gasteiger partial charge in [-0.25, -0.2) is 9.78 Å². The summed E-state index contributed by atoms with van der Waals surface area (Å²) in [7, 11) is 1.27. The van der Waals surface area contributed by atoms with Crippen LogP contribution in [0.1, 0.15) is 44.9 Å². The van der Waals surface area contributed by atoms with E-state index in [0.717, 1.165) is 4.73 Å². The standard InChI is InChI=1S/C23H28ClF3N4O4/c1-22(2,3)35-21(33)29-13-10-18-17(14-29)19(32)31(34-4)20(28-18)30(12-5-11-23(25,26)27)16-8-6-15(24)7-9-16/h6-9H,5,10-14H2,1-4H3. The normalized spacial score (nSPS) is 13.9. The minimum absolute atomic E-state index is 0.0191. The Morgan fingerprint density at radius 3 is 2.43 bits per heavy atom. The molecule has 0 aliphatic carbocycles. The smallest absolute Gasteiger partial charge is 0.410 e. The van der Waals surface area contributed by atoms with Crippen molar-refractivity contribution in [3.8, 4) is 0 Å². The third-order valence-electron chi connectivity index (χ3n) is 5.23. The SMILES string of the molecule is COn1c(N(CCCC(F)(F)F)c2ccc(Cl)cc2)nc2c(c1=O)CN(C(=O)OC(C)(C)C)CC2. The maximum atomic E-state index is 13.3. The van der Waals surface area contributed by atoms with Gasteiger partial charge in [-0.2, -0.15) is 13.2 Å². The number of anilines is 2. The van der Waals surface area contributed by atoms with E-state index in [-0.39, 0.29) is 44.0 Å². The van der Waals surface area contributed by atoms with E-state index in [9.17, 15) is 22.8 Å². The van der Waals surface area contributed by atoms with Crippen molar-refractivity contribution in [3.63, 3.8) is 0 Å². The molecule has 1 aromatic carbocycles. The first-order valence-electron chi connectivity index (χ1n) is 11.1. The van der Waals surface area contributed by atoms with Crippen molar-refractivity contribution in [1.29, 1.82) is 0 Å². The number of ether oxygens (including phenoxy) is 1. The molecule has 2 heterocycles. The average molecular weight is 517 g/mol. The van der Waals surface area contributed by atoms with E-state index >= 15 is 0 Å². The fourth-order valence-corrected chi connectivity index (χ4v) is 3.79. The van der Waals surface area contributed by atoms with Crippen molar-refractivity contribution >= 4 is 29.3 Å². The summed E-state index contributed by atoms with van der Waals surface area (Å²) in [6.45, 7) is 5.43. The molecule has 0 saturated carbocycles. The van der Waals surface area contributed by atoms with Gasteiger partial charge in [0, 0.05) is 36.6 Å². The number of halogens is 4. The second-order valence-corrected chi connectivity index (χ2v) is 9.55. The van der Waals surface area contributed by atoms with E-state index in [4.69, 9.17) is 21.2 Å². The van der Waals surface area contributed by atoms with Crippen LogP contribution >= 0.6 is 11.6 Å². The van der Waals surface area contributed by atoms with Crippen LogP contribution in [0.4, 0.5) is 29.6 Å². The van der Waals surface area contributed by atoms with Gasteiger partial charge in [-0.15, -0.1) is 4.73 Å². The predicted octanol–water partition coefficient (Wildman–Crippen LogP) is 4.73. The minimum atomic E-state index is -4.32. The van der Waals surface area contributed by atoms with Gasteiger partial charge in [-0.3, -0.25) is 4.79 Å². The quantitative estimate of drug-likeness (QED) is 0.552. The minimum Gasteiger partial charge on any atom is -0.444 e. The summed E-state index contributed by atoms with van der Waals surface area (Å²) in [5, 5.41) is 0.453. The largest absolute Gasteiger partial charge is 0.444 e. The van der Waals surface area contributed by atoms with Crippen LogP contribution < -0.4 is 15.3 Å². The van der Waals surface area contributed by atoms with Crippen molar-refractivity contribution in [2.45, 2.75) is 58.4 Å². The Balaban J connectivity index is 1.99. The molecule has 12 heteroatoms. The van der Waals surface area contributed by atoms with E-state index in [2.05, 4.69) is 4.98 Å². The second-order valence-electron chi connectivity index (χ2n) is 9.12. The molecule has 0 N–H and O–H groups in total. The molecule has 8 nitrogen and oxygen atoms in total. The predicted molar refractivity (Wildman–Crippen MR) is 125 cm³/mol. The van der Waals surface area contributed by atoms with Crippen molar-refractivity contribution in [2.24, 2.45) is 0 Å². The Hall–Kier alpha value is -2.95. The van der Waals surface area contributed by atoms with Gasteiger partial charge in [0.15, 0.2) is 0 Å². The highest BCUT2D eigenvalue weighted by Gasteiger charge is 2.32. The molecule has 0 atom stereocenters. The number of hydrogen-bond acceptors (Lipinski definition) is 6. The number of carbonyl (C=O) groups excluding carboxylic acids is 1. The molecule has 0 saturated heterocycles. The van der Waals surface area contributed by atoms with Gasteiger partial charge in [-0.05, 0) is 51.5 Å². The summed E-state index contributed by atoms with van der Waals surface area (Å²) >= 11 is 5.98. The fourth-order valence-electron chi connectivity index (χ4n) is 3.67. The first-order chi connectivity index (χ1) is 16.3. The van der Waals surface area contributed by atoms with Crippen molar-refractivity contribution in [2.75, 3.05) is 25.1 Å². The van der Waals surface area contributed by atoms with Crippen LogP contribution in [-0.4, -0.2) is 52.7 Å². The maximum Gasteiger partial charge on any atom is 0.410 e. The highest BCUT2D eigenvalue weighted by atomic mass is 35.5. The Labute approximate surface area is 206 Å². The first-order valence-corrected chi connectivity index (χ1v) is 11.4. The molecule has 3 rings (SSSR count). The molecule has 0 fully saturated rings. The van der Waals surface area contributed by atoms with Crippen LogP contribution in [0.2, 0.25) is 5.02 Å². The molecule has 1 aliphatic heterocycles. The third kappa shape index (κ3) is 6.81. The molecule has 0 bridgehead atoms. The molecule has 1 aliphatic rings. The highest BCUT2D eigenvalue weighted by molar-refractivity contribution is 6.30. The van der Waals surface area contributed by atoms with Crippen LogP contribution in [0.3, 0.4) is 0 Å². The van der Waals surface area contributed by atoms with Gasteiger partial charge in [-0.1, -0.05) is 11.6 Å². The van der Waals surface area contributed by atoms with E-state index in [1.165, 1.54) is 16.9 Å². The fraction of sp³-hybridized carbons (Fsp3) is 0.522. The monoisotopic (exact) mass is 516 g/mol. The van der Waals surface area contributed by atoms with Crippen molar-refractivity contribution in [3.05, 3.63) is 50.9 Å². The van der Waals surface area contributed by atoms with E-state index in [1.54, 1.807) is 45.0 Å². The molecule has 1 amide bonds. The van der Waals surface area contributed by atoms with Crippen LogP contribution in [0.5, 0.6) is 0 Å². The number of carbonyl (C=O) groups is 1. The lowest BCUT2D eigenvalue weighted by Crippen LogP contribution is -2.45. The molecular weight excluding hydrogens is 489 g/mol. The lowest BCUT2D eigenvalue weighted by molar-refractivity contribution is -0.135. The van der Waals surface area contributed by atoms with Crippen LogP contribution in [0, 0.1) is 0 Å². The van der Waals surface area contributed by atoms with Crippen LogP contribution in [-0.2, 0) is 17.7 Å². The van der Waals surface area contributed by atoms with Gasteiger partial charge >= 0.3 is 12.3 Å². The molecular formula is C23H28ClF3N4O4. The molecule has 35 heavy (non-hydrogen) atoms. The molecule has 0 spiro atoms. The van der Waals surface area contributed by atoms with Crippen LogP contribution in [0.25, 0.3) is 0 Å². The molecule has 0 radical (unpaired) electrons. The molecule has 0 unspecified atom stereocenters. The summed E-state index contributed by atoms with van der Waals surface area (Å²) < 4.78 is 44.8. The summed E-state index contributed by atoms with van der Waals surface area (Å²) in [5.41, 5.74) is -0.0234. The summed E-state index contributed by atoms with van der Waals surface area (Å²) in [6.07, 6.45) is -5.82. The Morgan fingerprint density at radius 2 is 1.86 bits per heavy atom. The van der Waals surface area contributed by atoms with Crippen molar-refractivity contribution < 1.29 is 27.5 Å². The number of alkyl halides is 3. The zero-order valence-electron chi connectivity index (χ0n) is 20.0. The van der Waals surface area contributed by atoms with Gasteiger partial charge in [0.25, 0.3) is 5.56 Å². The zero-order valence-corrected chi connectivity index (χ0v) is 20.7. The Morgan fingerprint density at radius 1 is 1.20 bits per heavy atom.